The molecule has 41 heavy (non-hydrogen) atoms. The predicted molar refractivity (Wildman–Crippen MR) is 131 cm³/mol. The van der Waals surface area contributed by atoms with Crippen LogP contribution in [-0.2, 0) is 42.9 Å². The highest BCUT2D eigenvalue weighted by atomic mass is 16.7. The summed E-state index contributed by atoms with van der Waals surface area (Å²) in [6, 6.07) is 0. The molecule has 8 fully saturated rings. The molecule has 8 aliphatic rings. The summed E-state index contributed by atoms with van der Waals surface area (Å²) in [5.74, 6) is -8.44. The molecule has 3 N–H and O–H groups in total. The highest BCUT2D eigenvalue weighted by molar-refractivity contribution is 6.00. The van der Waals surface area contributed by atoms with E-state index in [1.165, 1.54) is 13.8 Å². The molecule has 8 rings (SSSR count). The first-order chi connectivity index (χ1) is 18.9. The molecule has 12 nitrogen and oxygen atoms in total. The summed E-state index contributed by atoms with van der Waals surface area (Å²) in [6.07, 6.45) is -3.98. The van der Waals surface area contributed by atoms with Gasteiger partial charge in [-0.2, -0.15) is 0 Å². The van der Waals surface area contributed by atoms with Gasteiger partial charge in [-0.05, 0) is 47.0 Å². The fourth-order valence-electron chi connectivity index (χ4n) is 10.8. The van der Waals surface area contributed by atoms with Crippen LogP contribution in [0.3, 0.4) is 0 Å². The van der Waals surface area contributed by atoms with Gasteiger partial charge in [0.2, 0.25) is 11.6 Å². The number of Topliss-reactive ketones (excluding diaryl/α,β-unsaturated/α-hetero) is 2. The molecule has 224 valence electrons. The number of esters is 2. The Morgan fingerprint density at radius 2 is 1.63 bits per heavy atom. The number of fused-ring (bicyclic) bond motifs is 2. The first-order valence-corrected chi connectivity index (χ1v) is 14.6. The first kappa shape index (κ1) is 26.7. The Morgan fingerprint density at radius 1 is 0.927 bits per heavy atom. The lowest BCUT2D eigenvalue weighted by molar-refractivity contribution is -0.344. The molecule has 0 amide bonds. The molecule has 12 heteroatoms. The first-order valence-electron chi connectivity index (χ1n) is 14.6. The largest absolute Gasteiger partial charge is 0.457 e. The van der Waals surface area contributed by atoms with Crippen molar-refractivity contribution in [2.75, 3.05) is 0 Å². The van der Waals surface area contributed by atoms with Gasteiger partial charge in [0.15, 0.2) is 11.4 Å². The molecule has 14 unspecified atom stereocenters. The number of carbonyl (C=O) groups is 4. The van der Waals surface area contributed by atoms with Crippen LogP contribution in [0.4, 0.5) is 0 Å². The summed E-state index contributed by atoms with van der Waals surface area (Å²) in [5, 5.41) is 34.7. The molecular weight excluding hydrogens is 540 g/mol. The van der Waals surface area contributed by atoms with Gasteiger partial charge in [-0.25, -0.2) is 4.79 Å². The second-order valence-electron chi connectivity index (χ2n) is 15.0. The van der Waals surface area contributed by atoms with Crippen LogP contribution in [0.2, 0.25) is 0 Å². The molecule has 0 radical (unpaired) electrons. The summed E-state index contributed by atoms with van der Waals surface area (Å²) in [7, 11) is 0. The molecule has 0 aromatic heterocycles. The van der Waals surface area contributed by atoms with E-state index in [1.807, 2.05) is 13.8 Å². The van der Waals surface area contributed by atoms with E-state index in [1.54, 1.807) is 6.92 Å². The zero-order valence-electron chi connectivity index (χ0n) is 23.7. The SMILES string of the molecule is CC1(C)OC2CC(=O)OC23CC24CCC5(C)C(=O)C(C)(O)C6C7OC(=O)C(C)(O)C7OC(O2)(C(=O)C4C(O)CC13)C65. The molecular formula is C29H36O12. The average molecular weight is 577 g/mol. The highest BCUT2D eigenvalue weighted by Crippen LogP contribution is 2.72. The molecule has 3 spiro atoms. The number of aliphatic hydroxyl groups excluding tert-OH is 1. The Kier molecular flexibility index (Phi) is 4.58. The molecule has 0 aromatic rings. The molecule has 2 bridgehead atoms. The maximum Gasteiger partial charge on any atom is 0.341 e. The van der Waals surface area contributed by atoms with Gasteiger partial charge in [0, 0.05) is 29.6 Å². The van der Waals surface area contributed by atoms with Crippen LogP contribution < -0.4 is 0 Å². The third-order valence-corrected chi connectivity index (χ3v) is 12.4. The fourth-order valence-corrected chi connectivity index (χ4v) is 10.8. The van der Waals surface area contributed by atoms with Crippen molar-refractivity contribution in [2.24, 2.45) is 29.1 Å². The molecule has 2 saturated carbocycles. The summed E-state index contributed by atoms with van der Waals surface area (Å²) in [4.78, 5) is 54.4. The zero-order valence-corrected chi connectivity index (χ0v) is 23.7. The minimum Gasteiger partial charge on any atom is -0.457 e. The van der Waals surface area contributed by atoms with Gasteiger partial charge in [0.1, 0.15) is 29.5 Å². The average Bonchev–Trinajstić information content (AvgIpc) is 3.42. The van der Waals surface area contributed by atoms with E-state index < -0.39 is 111 Å². The van der Waals surface area contributed by atoms with Gasteiger partial charge >= 0.3 is 11.9 Å². The Balaban J connectivity index is 1.34. The van der Waals surface area contributed by atoms with Crippen molar-refractivity contribution in [2.45, 2.75) is 125 Å². The minimum atomic E-state index is -2.19. The monoisotopic (exact) mass is 576 g/mol. The van der Waals surface area contributed by atoms with Crippen LogP contribution in [0.25, 0.3) is 0 Å². The van der Waals surface area contributed by atoms with Crippen molar-refractivity contribution in [1.29, 1.82) is 0 Å². The predicted octanol–water partition coefficient (Wildman–Crippen LogP) is -0.288. The van der Waals surface area contributed by atoms with E-state index in [0.29, 0.717) is 0 Å². The summed E-state index contributed by atoms with van der Waals surface area (Å²) >= 11 is 0. The van der Waals surface area contributed by atoms with Crippen LogP contribution >= 0.6 is 0 Å². The van der Waals surface area contributed by atoms with Crippen LogP contribution in [0, 0.1) is 29.1 Å². The van der Waals surface area contributed by atoms with Gasteiger partial charge in [-0.3, -0.25) is 14.4 Å². The van der Waals surface area contributed by atoms with Crippen molar-refractivity contribution in [1.82, 2.24) is 0 Å². The van der Waals surface area contributed by atoms with Crippen molar-refractivity contribution in [3.8, 4) is 0 Å². The van der Waals surface area contributed by atoms with Gasteiger partial charge in [-0.1, -0.05) is 6.92 Å². The second-order valence-corrected chi connectivity index (χ2v) is 15.0. The Morgan fingerprint density at radius 3 is 2.34 bits per heavy atom. The van der Waals surface area contributed by atoms with E-state index >= 15 is 0 Å². The highest BCUT2D eigenvalue weighted by Gasteiger charge is 2.86. The Bertz CT molecular complexity index is 1340. The lowest BCUT2D eigenvalue weighted by Gasteiger charge is -2.51. The smallest absolute Gasteiger partial charge is 0.341 e. The molecule has 6 aliphatic heterocycles. The van der Waals surface area contributed by atoms with Crippen molar-refractivity contribution in [3.05, 3.63) is 0 Å². The standard InChI is InChI=1S/C29H36O12/c1-23(2)12-8-11(30)15-19(32)29-18-16(17-20(40-29)26(5,36)22(34)37-17)25(4,35)21(33)24(18,3)6-7-27(15,41-29)10-28(12)13(38-23)9-14(31)39-28/h11-13,15-18,20,30,35-36H,6-10H2,1-5H3. The van der Waals surface area contributed by atoms with Gasteiger partial charge in [-0.15, -0.1) is 0 Å². The Labute approximate surface area is 236 Å². The quantitative estimate of drug-likeness (QED) is 0.322. The third-order valence-electron chi connectivity index (χ3n) is 12.4. The fraction of sp³-hybridized carbons (Fsp3) is 0.862. The van der Waals surface area contributed by atoms with Crippen LogP contribution in [0.15, 0.2) is 0 Å². The maximum absolute atomic E-state index is 14.8. The van der Waals surface area contributed by atoms with Crippen molar-refractivity contribution in [3.63, 3.8) is 0 Å². The summed E-state index contributed by atoms with van der Waals surface area (Å²) in [6.45, 7) is 8.00. The third kappa shape index (κ3) is 2.67. The van der Waals surface area contributed by atoms with Crippen LogP contribution in [0.1, 0.15) is 66.7 Å². The van der Waals surface area contributed by atoms with Crippen LogP contribution in [0.5, 0.6) is 0 Å². The van der Waals surface area contributed by atoms with Crippen molar-refractivity contribution >= 4 is 23.5 Å². The van der Waals surface area contributed by atoms with E-state index in [2.05, 4.69) is 0 Å². The lowest BCUT2D eigenvalue weighted by Crippen LogP contribution is -2.67. The molecule has 2 aliphatic carbocycles. The molecule has 6 heterocycles. The molecule has 14 atom stereocenters. The van der Waals surface area contributed by atoms with Crippen LogP contribution in [-0.4, -0.2) is 97.0 Å². The van der Waals surface area contributed by atoms with Gasteiger partial charge < -0.3 is 39.0 Å². The Hall–Kier alpha value is -1.96. The number of hydrogen-bond donors (Lipinski definition) is 3. The number of ether oxygens (including phenoxy) is 5. The number of carbonyl (C=O) groups excluding carboxylic acids is 4. The number of hydrogen-bond acceptors (Lipinski definition) is 12. The van der Waals surface area contributed by atoms with E-state index in [9.17, 15) is 34.5 Å². The summed E-state index contributed by atoms with van der Waals surface area (Å²) < 4.78 is 31.3. The van der Waals surface area contributed by atoms with E-state index in [-0.39, 0.29) is 32.1 Å². The minimum absolute atomic E-state index is 0.0300. The van der Waals surface area contributed by atoms with Gasteiger partial charge in [0.25, 0.3) is 0 Å². The zero-order chi connectivity index (χ0) is 29.5. The normalized spacial score (nSPS) is 61.3. The van der Waals surface area contributed by atoms with Crippen molar-refractivity contribution < 1.29 is 58.2 Å². The topological polar surface area (TPSA) is 175 Å². The summed E-state index contributed by atoms with van der Waals surface area (Å²) in [5.41, 5.74) is -8.87. The lowest BCUT2D eigenvalue weighted by atomic mass is 9.60. The van der Waals surface area contributed by atoms with Gasteiger partial charge in [0.05, 0.1) is 29.6 Å². The maximum atomic E-state index is 14.8. The molecule has 0 aromatic carbocycles. The second kappa shape index (κ2) is 7.05. The van der Waals surface area contributed by atoms with E-state index in [0.717, 1.165) is 0 Å². The van der Waals surface area contributed by atoms with E-state index in [4.69, 9.17) is 23.7 Å². The molecule has 6 saturated heterocycles. The number of ketones is 2. The number of rotatable bonds is 0. The number of aliphatic hydroxyl groups is 3.